The van der Waals surface area contributed by atoms with Gasteiger partial charge in [-0.1, -0.05) is 54.2 Å². The first kappa shape index (κ1) is 26.0. The highest BCUT2D eigenvalue weighted by atomic mass is 32.2. The zero-order valence-electron chi connectivity index (χ0n) is 19.5. The molecule has 7 nitrogen and oxygen atoms in total. The highest BCUT2D eigenvalue weighted by Crippen LogP contribution is 2.30. The average Bonchev–Trinajstić information content (AvgIpc) is 3.23. The number of nitrogens with zero attached hydrogens (tertiary/aromatic N) is 3. The largest absolute Gasteiger partial charge is 0.416 e. The van der Waals surface area contributed by atoms with Crippen LogP contribution in [-0.2, 0) is 28.7 Å². The van der Waals surface area contributed by atoms with Gasteiger partial charge in [0.2, 0.25) is 11.8 Å². The highest BCUT2D eigenvalue weighted by Gasteiger charge is 2.30. The number of hydrogen-bond acceptors (Lipinski definition) is 5. The summed E-state index contributed by atoms with van der Waals surface area (Å²) in [5.74, 6) is -0.444. The number of anilines is 2. The van der Waals surface area contributed by atoms with E-state index in [1.807, 2.05) is 42.5 Å². The molecular weight excluding hydrogens is 503 g/mol. The minimum absolute atomic E-state index is 0.0228. The van der Waals surface area contributed by atoms with Crippen LogP contribution in [0.15, 0.2) is 84.5 Å². The summed E-state index contributed by atoms with van der Waals surface area (Å²) in [5, 5.41) is 15.9. The van der Waals surface area contributed by atoms with E-state index >= 15 is 0 Å². The molecular formula is C26H22F3N5O2S. The van der Waals surface area contributed by atoms with Gasteiger partial charge in [0.15, 0.2) is 5.16 Å². The van der Waals surface area contributed by atoms with Crippen molar-refractivity contribution in [3.05, 3.63) is 90.8 Å². The number of thioether (sulfide) groups is 1. The molecule has 0 atom stereocenters. The van der Waals surface area contributed by atoms with Crippen molar-refractivity contribution in [2.75, 3.05) is 16.4 Å². The summed E-state index contributed by atoms with van der Waals surface area (Å²) in [7, 11) is 0. The lowest BCUT2D eigenvalue weighted by Crippen LogP contribution is -2.18. The lowest BCUT2D eigenvalue weighted by Gasteiger charge is -2.11. The molecule has 0 aliphatic carbocycles. The van der Waals surface area contributed by atoms with Gasteiger partial charge in [0.1, 0.15) is 5.82 Å². The van der Waals surface area contributed by atoms with Crippen LogP contribution in [0.5, 0.6) is 0 Å². The first-order valence-electron chi connectivity index (χ1n) is 11.1. The van der Waals surface area contributed by atoms with E-state index in [0.29, 0.717) is 16.7 Å². The van der Waals surface area contributed by atoms with Crippen LogP contribution in [0.3, 0.4) is 0 Å². The van der Waals surface area contributed by atoms with Crippen molar-refractivity contribution in [2.45, 2.75) is 24.3 Å². The lowest BCUT2D eigenvalue weighted by atomic mass is 10.1. The van der Waals surface area contributed by atoms with E-state index < -0.39 is 17.6 Å². The van der Waals surface area contributed by atoms with Crippen LogP contribution < -0.4 is 10.6 Å². The molecule has 190 valence electrons. The second kappa shape index (κ2) is 11.3. The van der Waals surface area contributed by atoms with E-state index in [1.165, 1.54) is 12.1 Å². The highest BCUT2D eigenvalue weighted by molar-refractivity contribution is 7.99. The molecule has 0 saturated heterocycles. The van der Waals surface area contributed by atoms with Crippen LogP contribution in [0.2, 0.25) is 0 Å². The van der Waals surface area contributed by atoms with E-state index in [1.54, 1.807) is 10.6 Å². The Hall–Kier alpha value is -4.12. The van der Waals surface area contributed by atoms with Gasteiger partial charge in [-0.3, -0.25) is 9.59 Å². The molecule has 0 aliphatic heterocycles. The molecule has 4 rings (SSSR count). The maximum Gasteiger partial charge on any atom is 0.416 e. The van der Waals surface area contributed by atoms with Crippen LogP contribution in [0.25, 0.3) is 10.8 Å². The summed E-state index contributed by atoms with van der Waals surface area (Å²) >= 11 is 1.15. The summed E-state index contributed by atoms with van der Waals surface area (Å²) in [5.41, 5.74) is -0.167. The van der Waals surface area contributed by atoms with Gasteiger partial charge in [0.25, 0.3) is 0 Å². The van der Waals surface area contributed by atoms with Crippen LogP contribution in [0.1, 0.15) is 11.4 Å². The number of amides is 2. The van der Waals surface area contributed by atoms with Crippen LogP contribution in [0.4, 0.5) is 24.5 Å². The van der Waals surface area contributed by atoms with E-state index in [9.17, 15) is 22.8 Å². The second-order valence-electron chi connectivity index (χ2n) is 8.00. The molecule has 37 heavy (non-hydrogen) atoms. The lowest BCUT2D eigenvalue weighted by molar-refractivity contribution is -0.137. The molecule has 0 unspecified atom stereocenters. The van der Waals surface area contributed by atoms with E-state index in [4.69, 9.17) is 0 Å². The quantitative estimate of drug-likeness (QED) is 0.221. The Kier molecular flexibility index (Phi) is 7.92. The van der Waals surface area contributed by atoms with E-state index in [-0.39, 0.29) is 30.3 Å². The Morgan fingerprint density at radius 2 is 1.65 bits per heavy atom. The molecule has 1 heterocycles. The van der Waals surface area contributed by atoms with Crippen molar-refractivity contribution in [3.8, 4) is 0 Å². The molecule has 1 aromatic heterocycles. The number of allylic oxidation sites excluding steroid dienone is 1. The molecule has 11 heteroatoms. The first-order chi connectivity index (χ1) is 17.7. The first-order valence-corrected chi connectivity index (χ1v) is 12.1. The predicted octanol–water partition coefficient (Wildman–Crippen LogP) is 5.55. The average molecular weight is 526 g/mol. The zero-order valence-corrected chi connectivity index (χ0v) is 20.3. The van der Waals surface area contributed by atoms with Crippen molar-refractivity contribution in [3.63, 3.8) is 0 Å². The van der Waals surface area contributed by atoms with Gasteiger partial charge < -0.3 is 15.2 Å². The van der Waals surface area contributed by atoms with Gasteiger partial charge in [-0.15, -0.1) is 16.8 Å². The number of aromatic nitrogens is 3. The molecule has 0 radical (unpaired) electrons. The number of halogens is 3. The molecule has 0 saturated carbocycles. The summed E-state index contributed by atoms with van der Waals surface area (Å²) in [6.45, 7) is 3.99. The minimum atomic E-state index is -4.52. The third kappa shape index (κ3) is 6.76. The molecule has 4 aromatic rings. The SMILES string of the molecule is C=CCn1c(CC(=O)Nc2cccc(C(F)(F)F)c2)nnc1SCC(=O)Nc1ccc2ccccc2c1. The molecule has 2 amide bonds. The number of fused-ring (bicyclic) bond motifs is 1. The zero-order chi connectivity index (χ0) is 26.4. The third-order valence-corrected chi connectivity index (χ3v) is 6.23. The topological polar surface area (TPSA) is 88.9 Å². The maximum absolute atomic E-state index is 12.9. The smallest absolute Gasteiger partial charge is 0.326 e. The number of rotatable bonds is 9. The Bertz CT molecular complexity index is 1450. The molecule has 3 aromatic carbocycles. The second-order valence-corrected chi connectivity index (χ2v) is 8.94. The van der Waals surface area contributed by atoms with Crippen molar-refractivity contribution in [2.24, 2.45) is 0 Å². The van der Waals surface area contributed by atoms with Gasteiger partial charge >= 0.3 is 6.18 Å². The standard InChI is InChI=1S/C26H22F3N5O2S/c1-2-12-34-22(15-23(35)30-20-9-5-8-19(14-20)26(27,28)29)32-33-25(34)37-16-24(36)31-21-11-10-17-6-3-4-7-18(17)13-21/h2-11,13-14H,1,12,15-16H2,(H,30,35)(H,31,36). The molecule has 0 aliphatic rings. The Morgan fingerprint density at radius 1 is 0.919 bits per heavy atom. The minimum Gasteiger partial charge on any atom is -0.326 e. The predicted molar refractivity (Wildman–Crippen MR) is 137 cm³/mol. The summed E-state index contributed by atoms with van der Waals surface area (Å²) in [4.78, 5) is 25.0. The summed E-state index contributed by atoms with van der Waals surface area (Å²) in [6, 6.07) is 17.8. The Balaban J connectivity index is 1.38. The maximum atomic E-state index is 12.9. The van der Waals surface area contributed by atoms with E-state index in [0.717, 1.165) is 34.7 Å². The molecule has 0 fully saturated rings. The van der Waals surface area contributed by atoms with Crippen LogP contribution >= 0.6 is 11.8 Å². The molecule has 0 spiro atoms. The van der Waals surface area contributed by atoms with Gasteiger partial charge in [0.05, 0.1) is 17.7 Å². The van der Waals surface area contributed by atoms with Gasteiger partial charge in [-0.05, 0) is 41.1 Å². The number of carbonyl (C=O) groups is 2. The van der Waals surface area contributed by atoms with Crippen LogP contribution in [-0.4, -0.2) is 32.3 Å². The number of benzene rings is 3. The van der Waals surface area contributed by atoms with Crippen molar-refractivity contribution < 1.29 is 22.8 Å². The number of nitrogens with one attached hydrogen (secondary N) is 2. The number of alkyl halides is 3. The van der Waals surface area contributed by atoms with Gasteiger partial charge in [-0.2, -0.15) is 13.2 Å². The summed E-state index contributed by atoms with van der Waals surface area (Å²) in [6.07, 6.45) is -3.14. The van der Waals surface area contributed by atoms with Crippen molar-refractivity contribution >= 4 is 45.7 Å². The van der Waals surface area contributed by atoms with Crippen molar-refractivity contribution in [1.29, 1.82) is 0 Å². The normalized spacial score (nSPS) is 11.3. The van der Waals surface area contributed by atoms with Crippen molar-refractivity contribution in [1.82, 2.24) is 14.8 Å². The van der Waals surface area contributed by atoms with Gasteiger partial charge in [-0.25, -0.2) is 0 Å². The van der Waals surface area contributed by atoms with E-state index in [2.05, 4.69) is 27.4 Å². The van der Waals surface area contributed by atoms with Crippen LogP contribution in [0, 0.1) is 0 Å². The summed E-state index contributed by atoms with van der Waals surface area (Å²) < 4.78 is 40.4. The molecule has 0 bridgehead atoms. The van der Waals surface area contributed by atoms with Gasteiger partial charge in [0, 0.05) is 17.9 Å². The Labute approximate surface area is 214 Å². The molecule has 2 N–H and O–H groups in total. The number of hydrogen-bond donors (Lipinski definition) is 2. The number of carbonyl (C=O) groups excluding carboxylic acids is 2. The fourth-order valence-corrected chi connectivity index (χ4v) is 4.35. The Morgan fingerprint density at radius 3 is 2.41 bits per heavy atom. The third-order valence-electron chi connectivity index (χ3n) is 5.26. The fraction of sp³-hybridized carbons (Fsp3) is 0.154. The monoisotopic (exact) mass is 525 g/mol. The fourth-order valence-electron chi connectivity index (χ4n) is 3.59.